The molecular weight excluding hydrogens is 310 g/mol. The summed E-state index contributed by atoms with van der Waals surface area (Å²) in [5, 5.41) is 2.81. The van der Waals surface area contributed by atoms with E-state index in [0.29, 0.717) is 12.1 Å². The van der Waals surface area contributed by atoms with E-state index >= 15 is 0 Å². The van der Waals surface area contributed by atoms with Crippen molar-refractivity contribution >= 4 is 27.7 Å². The average molecular weight is 324 g/mol. The van der Waals surface area contributed by atoms with Crippen molar-refractivity contribution in [1.29, 1.82) is 0 Å². The fourth-order valence-electron chi connectivity index (χ4n) is 1.62. The van der Waals surface area contributed by atoms with Crippen LogP contribution in [0.5, 0.6) is 0 Å². The molecule has 7 heteroatoms. The lowest BCUT2D eigenvalue weighted by atomic mass is 10.2. The van der Waals surface area contributed by atoms with Gasteiger partial charge in [-0.2, -0.15) is 0 Å². The van der Waals surface area contributed by atoms with E-state index in [1.165, 1.54) is 0 Å². The molecule has 19 heavy (non-hydrogen) atoms. The minimum atomic E-state index is -0.217. The highest BCUT2D eigenvalue weighted by atomic mass is 79.9. The van der Waals surface area contributed by atoms with Crippen LogP contribution in [0.4, 0.5) is 5.82 Å². The number of anilines is 1. The van der Waals surface area contributed by atoms with E-state index in [0.717, 1.165) is 23.1 Å². The van der Waals surface area contributed by atoms with Crippen molar-refractivity contribution in [3.05, 3.63) is 40.5 Å². The Kier molecular flexibility index (Phi) is 4.51. The molecule has 0 radical (unpaired) electrons. The number of aromatic amines is 1. The monoisotopic (exact) mass is 323 g/mol. The Bertz CT molecular complexity index is 555. The minimum Gasteiger partial charge on any atom is -0.383 e. The molecule has 4 N–H and O–H groups in total. The number of aromatic nitrogens is 3. The molecular formula is C12H14BrN5O. The van der Waals surface area contributed by atoms with Crippen molar-refractivity contribution in [1.82, 2.24) is 20.3 Å². The lowest BCUT2D eigenvalue weighted by Crippen LogP contribution is -2.26. The van der Waals surface area contributed by atoms with Gasteiger partial charge in [0.05, 0.1) is 5.56 Å². The molecule has 2 rings (SSSR count). The van der Waals surface area contributed by atoms with Gasteiger partial charge in [-0.25, -0.2) is 9.97 Å². The Hall–Kier alpha value is -1.89. The van der Waals surface area contributed by atoms with Gasteiger partial charge in [-0.05, 0) is 28.4 Å². The van der Waals surface area contributed by atoms with Gasteiger partial charge >= 0.3 is 0 Å². The molecule has 1 amide bonds. The van der Waals surface area contributed by atoms with Crippen molar-refractivity contribution < 1.29 is 4.79 Å². The van der Waals surface area contributed by atoms with E-state index in [1.54, 1.807) is 24.7 Å². The third-order valence-electron chi connectivity index (χ3n) is 2.56. The van der Waals surface area contributed by atoms with Crippen LogP contribution in [-0.2, 0) is 6.42 Å². The van der Waals surface area contributed by atoms with E-state index < -0.39 is 0 Å². The quantitative estimate of drug-likeness (QED) is 0.726. The number of amides is 1. The van der Waals surface area contributed by atoms with Crippen LogP contribution in [0.1, 0.15) is 22.6 Å². The smallest absolute Gasteiger partial charge is 0.255 e. The number of nitrogens with two attached hydrogens (primary N) is 1. The highest BCUT2D eigenvalue weighted by Crippen LogP contribution is 2.15. The summed E-state index contributed by atoms with van der Waals surface area (Å²) < 4.78 is 0.724. The number of aryl methyl sites for hydroxylation is 1. The lowest BCUT2D eigenvalue weighted by molar-refractivity contribution is 0.0953. The van der Waals surface area contributed by atoms with Crippen LogP contribution in [0.25, 0.3) is 0 Å². The van der Waals surface area contributed by atoms with Crippen LogP contribution >= 0.6 is 15.9 Å². The summed E-state index contributed by atoms with van der Waals surface area (Å²) in [5.74, 6) is 0.926. The zero-order valence-corrected chi connectivity index (χ0v) is 11.8. The number of carbonyl (C=O) groups is 1. The Morgan fingerprint density at radius 3 is 3.05 bits per heavy atom. The maximum absolute atomic E-state index is 11.9. The van der Waals surface area contributed by atoms with E-state index in [1.807, 2.05) is 0 Å². The normalized spacial score (nSPS) is 10.4. The molecule has 0 atom stereocenters. The summed E-state index contributed by atoms with van der Waals surface area (Å²) in [4.78, 5) is 23.0. The minimum absolute atomic E-state index is 0.217. The molecule has 0 unspecified atom stereocenters. The average Bonchev–Trinajstić information content (AvgIpc) is 2.90. The lowest BCUT2D eigenvalue weighted by Gasteiger charge is -2.06. The first kappa shape index (κ1) is 13.5. The van der Waals surface area contributed by atoms with Gasteiger partial charge in [0, 0.05) is 36.0 Å². The number of nitrogens with one attached hydrogen (secondary N) is 2. The summed E-state index contributed by atoms with van der Waals surface area (Å²) in [6.45, 7) is 0.561. The number of carbonyl (C=O) groups excluding carboxylic acids is 1. The summed E-state index contributed by atoms with van der Waals surface area (Å²) in [5.41, 5.74) is 6.05. The third-order valence-corrected chi connectivity index (χ3v) is 2.99. The highest BCUT2D eigenvalue weighted by molar-refractivity contribution is 9.10. The second-order valence-corrected chi connectivity index (χ2v) is 4.90. The number of hydrogen-bond donors (Lipinski definition) is 3. The molecule has 2 aromatic heterocycles. The van der Waals surface area contributed by atoms with E-state index in [9.17, 15) is 4.79 Å². The van der Waals surface area contributed by atoms with Gasteiger partial charge in [0.25, 0.3) is 5.91 Å². The molecule has 0 spiro atoms. The fourth-order valence-corrected chi connectivity index (χ4v) is 1.95. The molecule has 0 aliphatic rings. The van der Waals surface area contributed by atoms with Crippen molar-refractivity contribution in [2.24, 2.45) is 0 Å². The number of imidazole rings is 1. The third kappa shape index (κ3) is 3.78. The van der Waals surface area contributed by atoms with Crippen LogP contribution in [0.3, 0.4) is 0 Å². The topological polar surface area (TPSA) is 96.7 Å². The molecule has 0 saturated heterocycles. The Morgan fingerprint density at radius 2 is 2.32 bits per heavy atom. The highest BCUT2D eigenvalue weighted by Gasteiger charge is 2.10. The van der Waals surface area contributed by atoms with Crippen LogP contribution in [0.2, 0.25) is 0 Å². The second kappa shape index (κ2) is 6.33. The van der Waals surface area contributed by atoms with Gasteiger partial charge in [-0.3, -0.25) is 4.79 Å². The molecule has 2 heterocycles. The predicted molar refractivity (Wildman–Crippen MR) is 75.6 cm³/mol. The number of H-pyrrole nitrogens is 1. The first-order valence-electron chi connectivity index (χ1n) is 5.84. The van der Waals surface area contributed by atoms with Gasteiger partial charge in [0.2, 0.25) is 0 Å². The molecule has 0 fully saturated rings. The zero-order chi connectivity index (χ0) is 13.7. The van der Waals surface area contributed by atoms with E-state index in [2.05, 4.69) is 36.2 Å². The number of nitrogen functional groups attached to an aromatic ring is 1. The Labute approximate surface area is 119 Å². The number of nitrogens with zero attached hydrogens (tertiary/aromatic N) is 2. The first-order valence-corrected chi connectivity index (χ1v) is 6.63. The van der Waals surface area contributed by atoms with Gasteiger partial charge in [-0.1, -0.05) is 0 Å². The van der Waals surface area contributed by atoms with Gasteiger partial charge < -0.3 is 16.0 Å². The molecule has 100 valence electrons. The number of halogens is 1. The molecule has 0 aromatic carbocycles. The molecule has 0 aliphatic carbocycles. The van der Waals surface area contributed by atoms with Crippen molar-refractivity contribution in [3.8, 4) is 0 Å². The summed E-state index contributed by atoms with van der Waals surface area (Å²) in [6.07, 6.45) is 6.65. The number of rotatable bonds is 5. The summed E-state index contributed by atoms with van der Waals surface area (Å²) in [7, 11) is 0. The van der Waals surface area contributed by atoms with E-state index in [4.69, 9.17) is 5.73 Å². The largest absolute Gasteiger partial charge is 0.383 e. The Morgan fingerprint density at radius 1 is 1.47 bits per heavy atom. The SMILES string of the molecule is Nc1ncc(Br)cc1C(=O)NCCCc1ncc[nH]1. The van der Waals surface area contributed by atoms with Gasteiger partial charge in [0.15, 0.2) is 0 Å². The summed E-state index contributed by atoms with van der Waals surface area (Å²) in [6, 6.07) is 1.66. The van der Waals surface area contributed by atoms with Crippen LogP contribution in [0, 0.1) is 0 Å². The molecule has 2 aromatic rings. The number of hydrogen-bond acceptors (Lipinski definition) is 4. The maximum atomic E-state index is 11.9. The molecule has 0 saturated carbocycles. The molecule has 6 nitrogen and oxygen atoms in total. The molecule has 0 aliphatic heterocycles. The van der Waals surface area contributed by atoms with Gasteiger partial charge in [-0.15, -0.1) is 0 Å². The standard InChI is InChI=1S/C12H14BrN5O/c13-8-6-9(11(14)18-7-8)12(19)17-3-1-2-10-15-4-5-16-10/h4-7H,1-3H2,(H2,14,18)(H,15,16)(H,17,19). The van der Waals surface area contributed by atoms with Crippen molar-refractivity contribution in [3.63, 3.8) is 0 Å². The van der Waals surface area contributed by atoms with E-state index in [-0.39, 0.29) is 11.7 Å². The Balaban J connectivity index is 1.82. The van der Waals surface area contributed by atoms with Crippen LogP contribution in [-0.4, -0.2) is 27.4 Å². The van der Waals surface area contributed by atoms with Crippen LogP contribution < -0.4 is 11.1 Å². The van der Waals surface area contributed by atoms with Crippen molar-refractivity contribution in [2.45, 2.75) is 12.8 Å². The zero-order valence-electron chi connectivity index (χ0n) is 10.2. The molecule has 0 bridgehead atoms. The van der Waals surface area contributed by atoms with Gasteiger partial charge in [0.1, 0.15) is 11.6 Å². The van der Waals surface area contributed by atoms with Crippen molar-refractivity contribution in [2.75, 3.05) is 12.3 Å². The first-order chi connectivity index (χ1) is 9.16. The van der Waals surface area contributed by atoms with Crippen LogP contribution in [0.15, 0.2) is 29.1 Å². The fraction of sp³-hybridized carbons (Fsp3) is 0.250. The predicted octanol–water partition coefficient (Wildman–Crippen LogP) is 1.51. The summed E-state index contributed by atoms with van der Waals surface area (Å²) >= 11 is 3.26. The number of pyridine rings is 1. The second-order valence-electron chi connectivity index (χ2n) is 3.98. The maximum Gasteiger partial charge on any atom is 0.255 e.